The molecule has 0 spiro atoms. The van der Waals surface area contributed by atoms with Gasteiger partial charge >= 0.3 is 0 Å². The topological polar surface area (TPSA) is 34.4 Å². The molecule has 1 fully saturated rings. The van der Waals surface area contributed by atoms with E-state index in [1.165, 1.54) is 23.4 Å². The molecule has 1 aliphatic carbocycles. The Hall–Kier alpha value is -0.900. The van der Waals surface area contributed by atoms with Gasteiger partial charge in [0.15, 0.2) is 4.80 Å². The standard InChI is InChI=1S/C17H28N2OS/c1-11-13(16(2,3)4)21-15(18-14(20)17(5,6)7)19(11)10-12-8-9-12/h12H,8-10H2,1-7H3/b18-15-. The SMILES string of the molecule is Cc1c(C(C)(C)C)s/c(=N\C(=O)C(C)(C)C)n1CC1CC1. The van der Waals surface area contributed by atoms with Crippen LogP contribution >= 0.6 is 11.3 Å². The first-order valence-electron chi connectivity index (χ1n) is 7.80. The molecule has 1 aromatic heterocycles. The van der Waals surface area contributed by atoms with Crippen LogP contribution in [0, 0.1) is 18.3 Å². The van der Waals surface area contributed by atoms with Gasteiger partial charge in [-0.1, -0.05) is 41.5 Å². The fraction of sp³-hybridized carbons (Fsp3) is 0.765. The molecule has 0 saturated heterocycles. The lowest BCUT2D eigenvalue weighted by atomic mass is 9.93. The highest BCUT2D eigenvalue weighted by molar-refractivity contribution is 7.09. The van der Waals surface area contributed by atoms with E-state index in [2.05, 4.69) is 37.3 Å². The monoisotopic (exact) mass is 308 g/mol. The number of carbonyl (C=O) groups is 1. The molecule has 2 rings (SSSR count). The van der Waals surface area contributed by atoms with Crippen molar-refractivity contribution in [1.29, 1.82) is 0 Å². The van der Waals surface area contributed by atoms with Crippen molar-refractivity contribution in [2.45, 2.75) is 73.3 Å². The molecular formula is C17H28N2OS. The minimum atomic E-state index is -0.419. The van der Waals surface area contributed by atoms with E-state index in [4.69, 9.17) is 0 Å². The number of hydrogen-bond acceptors (Lipinski definition) is 2. The molecule has 1 aliphatic rings. The van der Waals surface area contributed by atoms with Gasteiger partial charge in [-0.25, -0.2) is 0 Å². The molecule has 1 heterocycles. The van der Waals surface area contributed by atoms with Crippen molar-refractivity contribution in [3.8, 4) is 0 Å². The van der Waals surface area contributed by atoms with Crippen LogP contribution in [0.5, 0.6) is 0 Å². The van der Waals surface area contributed by atoms with Crippen LogP contribution in [-0.4, -0.2) is 10.5 Å². The molecule has 118 valence electrons. The van der Waals surface area contributed by atoms with Gasteiger partial charge in [-0.2, -0.15) is 4.99 Å². The molecule has 1 amide bonds. The van der Waals surface area contributed by atoms with Crippen LogP contribution in [0.15, 0.2) is 4.99 Å². The van der Waals surface area contributed by atoms with Gasteiger partial charge in [0, 0.05) is 22.5 Å². The summed E-state index contributed by atoms with van der Waals surface area (Å²) >= 11 is 1.68. The van der Waals surface area contributed by atoms with E-state index >= 15 is 0 Å². The molecular weight excluding hydrogens is 280 g/mol. The Labute approximate surface area is 132 Å². The van der Waals surface area contributed by atoms with Gasteiger partial charge < -0.3 is 4.57 Å². The molecule has 3 nitrogen and oxygen atoms in total. The van der Waals surface area contributed by atoms with Gasteiger partial charge in [-0.15, -0.1) is 11.3 Å². The molecule has 21 heavy (non-hydrogen) atoms. The van der Waals surface area contributed by atoms with Crippen LogP contribution in [0.25, 0.3) is 0 Å². The number of carbonyl (C=O) groups excluding carboxylic acids is 1. The number of thiazole rings is 1. The van der Waals surface area contributed by atoms with E-state index in [1.807, 2.05) is 20.8 Å². The van der Waals surface area contributed by atoms with Crippen LogP contribution in [0.2, 0.25) is 0 Å². The van der Waals surface area contributed by atoms with Crippen molar-refractivity contribution in [2.75, 3.05) is 0 Å². The summed E-state index contributed by atoms with van der Waals surface area (Å²) < 4.78 is 2.27. The van der Waals surface area contributed by atoms with E-state index < -0.39 is 5.41 Å². The van der Waals surface area contributed by atoms with Crippen molar-refractivity contribution in [3.63, 3.8) is 0 Å². The molecule has 0 unspecified atom stereocenters. The summed E-state index contributed by atoms with van der Waals surface area (Å²) in [4.78, 5) is 18.9. The second kappa shape index (κ2) is 5.38. The van der Waals surface area contributed by atoms with Crippen molar-refractivity contribution in [2.24, 2.45) is 16.3 Å². The van der Waals surface area contributed by atoms with Crippen LogP contribution in [0.4, 0.5) is 0 Å². The molecule has 4 heteroatoms. The predicted octanol–water partition coefficient (Wildman–Crippen LogP) is 4.04. The lowest BCUT2D eigenvalue weighted by molar-refractivity contribution is -0.125. The average Bonchev–Trinajstić information content (AvgIpc) is 3.06. The first-order chi connectivity index (χ1) is 9.50. The van der Waals surface area contributed by atoms with Crippen molar-refractivity contribution in [3.05, 3.63) is 15.4 Å². The zero-order valence-electron chi connectivity index (χ0n) is 14.4. The summed E-state index contributed by atoms with van der Waals surface area (Å²) in [5, 5.41) is 0. The van der Waals surface area contributed by atoms with Crippen LogP contribution in [0.1, 0.15) is 65.0 Å². The highest BCUT2D eigenvalue weighted by Crippen LogP contribution is 2.33. The highest BCUT2D eigenvalue weighted by atomic mass is 32.1. The molecule has 1 saturated carbocycles. The third-order valence-corrected chi connectivity index (χ3v) is 5.42. The second-order valence-corrected chi connectivity index (χ2v) is 9.25. The Bertz CT molecular complexity index is 604. The summed E-state index contributed by atoms with van der Waals surface area (Å²) in [6.45, 7) is 15.6. The summed E-state index contributed by atoms with van der Waals surface area (Å²) in [7, 11) is 0. The minimum Gasteiger partial charge on any atom is -0.320 e. The fourth-order valence-electron chi connectivity index (χ4n) is 2.29. The van der Waals surface area contributed by atoms with Gasteiger partial charge in [0.1, 0.15) is 0 Å². The Kier molecular flexibility index (Phi) is 4.22. The lowest BCUT2D eigenvalue weighted by Gasteiger charge is -2.17. The van der Waals surface area contributed by atoms with Gasteiger partial charge in [0.05, 0.1) is 0 Å². The lowest BCUT2D eigenvalue weighted by Crippen LogP contribution is -2.24. The summed E-state index contributed by atoms with van der Waals surface area (Å²) in [6, 6.07) is 0. The first-order valence-corrected chi connectivity index (χ1v) is 8.61. The van der Waals surface area contributed by atoms with E-state index in [1.54, 1.807) is 11.3 Å². The predicted molar refractivity (Wildman–Crippen MR) is 88.5 cm³/mol. The largest absolute Gasteiger partial charge is 0.320 e. The van der Waals surface area contributed by atoms with Crippen molar-refractivity contribution < 1.29 is 4.79 Å². The average molecular weight is 308 g/mol. The van der Waals surface area contributed by atoms with Gasteiger partial charge in [-0.3, -0.25) is 4.79 Å². The van der Waals surface area contributed by atoms with Gasteiger partial charge in [-0.05, 0) is 31.1 Å². The smallest absolute Gasteiger partial charge is 0.253 e. The first kappa shape index (κ1) is 16.5. The Balaban J connectivity index is 2.52. The quantitative estimate of drug-likeness (QED) is 0.812. The third-order valence-electron chi connectivity index (χ3n) is 3.82. The Morgan fingerprint density at radius 1 is 1.24 bits per heavy atom. The summed E-state index contributed by atoms with van der Waals surface area (Å²) in [5.74, 6) is 0.739. The molecule has 0 N–H and O–H groups in total. The number of aromatic nitrogens is 1. The summed E-state index contributed by atoms with van der Waals surface area (Å²) in [5.41, 5.74) is 0.954. The van der Waals surface area contributed by atoms with Crippen LogP contribution in [0.3, 0.4) is 0 Å². The Morgan fingerprint density at radius 2 is 1.81 bits per heavy atom. The third kappa shape index (κ3) is 3.85. The molecule has 1 aromatic rings. The minimum absolute atomic E-state index is 0.0336. The summed E-state index contributed by atoms with van der Waals surface area (Å²) in [6.07, 6.45) is 2.61. The van der Waals surface area contributed by atoms with E-state index in [9.17, 15) is 4.79 Å². The van der Waals surface area contributed by atoms with Crippen molar-refractivity contribution in [1.82, 2.24) is 4.57 Å². The number of rotatable bonds is 2. The number of nitrogens with zero attached hydrogens (tertiary/aromatic N) is 2. The molecule has 0 aromatic carbocycles. The van der Waals surface area contributed by atoms with Gasteiger partial charge in [0.25, 0.3) is 5.91 Å². The maximum absolute atomic E-state index is 12.3. The number of amides is 1. The highest BCUT2D eigenvalue weighted by Gasteiger charge is 2.28. The molecule has 0 bridgehead atoms. The maximum Gasteiger partial charge on any atom is 0.253 e. The maximum atomic E-state index is 12.3. The van der Waals surface area contributed by atoms with E-state index in [0.717, 1.165) is 17.3 Å². The zero-order chi connectivity index (χ0) is 16.0. The normalized spacial score (nSPS) is 17.4. The zero-order valence-corrected chi connectivity index (χ0v) is 15.2. The molecule has 0 radical (unpaired) electrons. The number of hydrogen-bond donors (Lipinski definition) is 0. The molecule has 0 aliphatic heterocycles. The second-order valence-electron chi connectivity index (χ2n) is 8.27. The van der Waals surface area contributed by atoms with Crippen LogP contribution < -0.4 is 4.80 Å². The van der Waals surface area contributed by atoms with E-state index in [-0.39, 0.29) is 11.3 Å². The van der Waals surface area contributed by atoms with E-state index in [0.29, 0.717) is 0 Å². The molecule has 0 atom stereocenters. The van der Waals surface area contributed by atoms with Crippen LogP contribution in [-0.2, 0) is 16.8 Å². The fourth-order valence-corrected chi connectivity index (χ4v) is 3.49. The van der Waals surface area contributed by atoms with Gasteiger partial charge in [0.2, 0.25) is 0 Å². The van der Waals surface area contributed by atoms with Crippen molar-refractivity contribution >= 4 is 17.2 Å². The Morgan fingerprint density at radius 3 is 2.24 bits per heavy atom.